The smallest absolute Gasteiger partial charge is 0.224 e. The summed E-state index contributed by atoms with van der Waals surface area (Å²) in [5, 5.41) is 3.25. The third kappa shape index (κ3) is 7.78. The van der Waals surface area contributed by atoms with Crippen LogP contribution in [0.1, 0.15) is 46.0 Å². The number of piperidine rings is 1. The molecule has 0 saturated carbocycles. The lowest BCUT2D eigenvalue weighted by atomic mass is 9.99. The van der Waals surface area contributed by atoms with E-state index >= 15 is 0 Å². The van der Waals surface area contributed by atoms with Gasteiger partial charge in [-0.15, -0.1) is 0 Å². The van der Waals surface area contributed by atoms with Crippen LogP contribution in [-0.2, 0) is 14.8 Å². The van der Waals surface area contributed by atoms with Gasteiger partial charge in [0.1, 0.15) is 0 Å². The molecule has 6 nitrogen and oxygen atoms in total. The van der Waals surface area contributed by atoms with Gasteiger partial charge in [0.15, 0.2) is 0 Å². The molecule has 0 aromatic rings. The molecule has 1 heterocycles. The quantitative estimate of drug-likeness (QED) is 0.690. The van der Waals surface area contributed by atoms with Gasteiger partial charge in [-0.2, -0.15) is 0 Å². The molecule has 0 spiro atoms. The van der Waals surface area contributed by atoms with E-state index in [1.807, 2.05) is 4.90 Å². The summed E-state index contributed by atoms with van der Waals surface area (Å²) in [6, 6.07) is 0.550. The lowest BCUT2D eigenvalue weighted by Gasteiger charge is -2.36. The first-order chi connectivity index (χ1) is 9.79. The van der Waals surface area contributed by atoms with Gasteiger partial charge in [0.2, 0.25) is 15.9 Å². The van der Waals surface area contributed by atoms with Gasteiger partial charge in [-0.3, -0.25) is 4.79 Å². The molecule has 1 amide bonds. The topological polar surface area (TPSA) is 78.5 Å². The van der Waals surface area contributed by atoms with Crippen LogP contribution in [0.4, 0.5) is 0 Å². The van der Waals surface area contributed by atoms with Crippen LogP contribution in [-0.4, -0.2) is 57.2 Å². The Morgan fingerprint density at radius 1 is 1.29 bits per heavy atom. The largest absolute Gasteiger partial charge is 0.340 e. The number of nitrogens with one attached hydrogen (secondary N) is 2. The average molecular weight is 319 g/mol. The molecule has 0 radical (unpaired) electrons. The van der Waals surface area contributed by atoms with Gasteiger partial charge in [0.25, 0.3) is 0 Å². The zero-order chi connectivity index (χ0) is 15.9. The summed E-state index contributed by atoms with van der Waals surface area (Å²) in [6.45, 7) is 6.01. The molecule has 1 aliphatic heterocycles. The molecule has 1 aliphatic rings. The predicted octanol–water partition coefficient (Wildman–Crippen LogP) is 0.695. The minimum Gasteiger partial charge on any atom is -0.340 e. The van der Waals surface area contributed by atoms with E-state index in [1.165, 1.54) is 0 Å². The Morgan fingerprint density at radius 2 is 2.00 bits per heavy atom. The molecule has 1 atom stereocenters. The highest BCUT2D eigenvalue weighted by molar-refractivity contribution is 7.88. The number of nitrogens with zero attached hydrogens (tertiary/aromatic N) is 1. The van der Waals surface area contributed by atoms with Crippen molar-refractivity contribution in [2.45, 2.75) is 58.0 Å². The van der Waals surface area contributed by atoms with Gasteiger partial charge in [-0.25, -0.2) is 13.1 Å². The maximum Gasteiger partial charge on any atom is 0.224 e. The zero-order valence-corrected chi connectivity index (χ0v) is 14.2. The summed E-state index contributed by atoms with van der Waals surface area (Å²) in [4.78, 5) is 14.2. The lowest BCUT2D eigenvalue weighted by molar-refractivity contribution is -0.134. The first kappa shape index (κ1) is 18.4. The zero-order valence-electron chi connectivity index (χ0n) is 13.4. The molecule has 21 heavy (non-hydrogen) atoms. The Hall–Kier alpha value is -0.660. The summed E-state index contributed by atoms with van der Waals surface area (Å²) in [5.74, 6) is 0.173. The summed E-state index contributed by atoms with van der Waals surface area (Å²) in [7, 11) is -3.15. The lowest BCUT2D eigenvalue weighted by Crippen LogP contribution is -2.46. The second-order valence-electron chi connectivity index (χ2n) is 6.05. The Balaban J connectivity index is 2.42. The third-order valence-electron chi connectivity index (χ3n) is 3.68. The molecule has 0 bridgehead atoms. The van der Waals surface area contributed by atoms with E-state index in [9.17, 15) is 13.2 Å². The van der Waals surface area contributed by atoms with Crippen molar-refractivity contribution in [3.05, 3.63) is 0 Å². The van der Waals surface area contributed by atoms with Gasteiger partial charge in [0, 0.05) is 38.1 Å². The second-order valence-corrected chi connectivity index (χ2v) is 7.88. The number of hydrogen-bond acceptors (Lipinski definition) is 4. The minimum atomic E-state index is -3.15. The molecule has 1 rings (SSSR count). The number of sulfonamides is 1. The van der Waals surface area contributed by atoms with Crippen LogP contribution in [0.5, 0.6) is 0 Å². The molecule has 1 fully saturated rings. The Morgan fingerprint density at radius 3 is 2.62 bits per heavy atom. The van der Waals surface area contributed by atoms with E-state index in [2.05, 4.69) is 23.9 Å². The molecular formula is C14H29N3O3S. The van der Waals surface area contributed by atoms with Crippen LogP contribution in [0.3, 0.4) is 0 Å². The maximum atomic E-state index is 12.3. The highest BCUT2D eigenvalue weighted by atomic mass is 32.2. The molecule has 2 N–H and O–H groups in total. The first-order valence-corrected chi connectivity index (χ1v) is 9.66. The SMILES string of the molecule is CC(C)NCCC(=O)N1CCCCC1CCNS(C)(=O)=O. The summed E-state index contributed by atoms with van der Waals surface area (Å²) in [5.41, 5.74) is 0. The van der Waals surface area contributed by atoms with Gasteiger partial charge in [-0.05, 0) is 25.7 Å². The minimum absolute atomic E-state index is 0.166. The van der Waals surface area contributed by atoms with Gasteiger partial charge in [0.05, 0.1) is 6.26 Å². The number of amides is 1. The molecule has 7 heteroatoms. The van der Waals surface area contributed by atoms with E-state index in [0.717, 1.165) is 32.1 Å². The summed E-state index contributed by atoms with van der Waals surface area (Å²) < 4.78 is 24.7. The number of rotatable bonds is 8. The van der Waals surface area contributed by atoms with E-state index < -0.39 is 10.0 Å². The van der Waals surface area contributed by atoms with Crippen LogP contribution in [0.15, 0.2) is 0 Å². The van der Waals surface area contributed by atoms with Crippen LogP contribution in [0.2, 0.25) is 0 Å². The maximum absolute atomic E-state index is 12.3. The van der Waals surface area contributed by atoms with Crippen LogP contribution < -0.4 is 10.0 Å². The normalized spacial score (nSPS) is 20.0. The highest BCUT2D eigenvalue weighted by Crippen LogP contribution is 2.20. The van der Waals surface area contributed by atoms with Gasteiger partial charge >= 0.3 is 0 Å². The second kappa shape index (κ2) is 8.70. The molecule has 124 valence electrons. The molecule has 0 aromatic carbocycles. The molecule has 0 aliphatic carbocycles. The monoisotopic (exact) mass is 319 g/mol. The molecular weight excluding hydrogens is 290 g/mol. The first-order valence-electron chi connectivity index (χ1n) is 7.77. The van der Waals surface area contributed by atoms with E-state index in [0.29, 0.717) is 32.0 Å². The Bertz CT molecular complexity index is 423. The van der Waals surface area contributed by atoms with Gasteiger partial charge < -0.3 is 10.2 Å². The Labute approximate surface area is 128 Å². The average Bonchev–Trinajstić information content (AvgIpc) is 2.37. The number of hydrogen-bond donors (Lipinski definition) is 2. The number of likely N-dealkylation sites (tertiary alicyclic amines) is 1. The van der Waals surface area contributed by atoms with Crippen molar-refractivity contribution in [1.29, 1.82) is 0 Å². The third-order valence-corrected chi connectivity index (χ3v) is 4.41. The van der Waals surface area contributed by atoms with Crippen molar-refractivity contribution in [3.63, 3.8) is 0 Å². The fourth-order valence-corrected chi connectivity index (χ4v) is 3.14. The van der Waals surface area contributed by atoms with Crippen molar-refractivity contribution >= 4 is 15.9 Å². The fraction of sp³-hybridized carbons (Fsp3) is 0.929. The van der Waals surface area contributed by atoms with Crippen molar-refractivity contribution in [2.75, 3.05) is 25.9 Å². The number of carbonyl (C=O) groups excluding carboxylic acids is 1. The van der Waals surface area contributed by atoms with Crippen LogP contribution in [0, 0.1) is 0 Å². The highest BCUT2D eigenvalue weighted by Gasteiger charge is 2.26. The van der Waals surface area contributed by atoms with Crippen LogP contribution in [0.25, 0.3) is 0 Å². The predicted molar refractivity (Wildman–Crippen MR) is 84.6 cm³/mol. The van der Waals surface area contributed by atoms with E-state index in [-0.39, 0.29) is 11.9 Å². The van der Waals surface area contributed by atoms with Crippen molar-refractivity contribution in [2.24, 2.45) is 0 Å². The van der Waals surface area contributed by atoms with Crippen LogP contribution >= 0.6 is 0 Å². The molecule has 1 saturated heterocycles. The van der Waals surface area contributed by atoms with E-state index in [4.69, 9.17) is 0 Å². The van der Waals surface area contributed by atoms with Gasteiger partial charge in [-0.1, -0.05) is 13.8 Å². The van der Waals surface area contributed by atoms with E-state index in [1.54, 1.807) is 0 Å². The van der Waals surface area contributed by atoms with Crippen molar-refractivity contribution in [1.82, 2.24) is 14.9 Å². The summed E-state index contributed by atoms with van der Waals surface area (Å²) >= 11 is 0. The number of carbonyl (C=O) groups is 1. The van der Waals surface area contributed by atoms with Crippen molar-refractivity contribution < 1.29 is 13.2 Å². The van der Waals surface area contributed by atoms with Crippen molar-refractivity contribution in [3.8, 4) is 0 Å². The summed E-state index contributed by atoms with van der Waals surface area (Å²) in [6.07, 6.45) is 5.48. The standard InChI is InChI=1S/C14H29N3O3S/c1-12(2)15-9-8-14(18)17-11-5-4-6-13(17)7-10-16-21(3,19)20/h12-13,15-16H,4-11H2,1-3H3. The molecule has 1 unspecified atom stereocenters. The molecule has 0 aromatic heterocycles. The fourth-order valence-electron chi connectivity index (χ4n) is 2.65. The Kier molecular flexibility index (Phi) is 7.62.